The number of pyridine rings is 1. The van der Waals surface area contributed by atoms with Gasteiger partial charge in [0.25, 0.3) is 5.91 Å². The Hall–Kier alpha value is -3.44. The van der Waals surface area contributed by atoms with E-state index in [0.29, 0.717) is 5.56 Å². The van der Waals surface area contributed by atoms with Gasteiger partial charge in [-0.15, -0.1) is 0 Å². The fourth-order valence-corrected chi connectivity index (χ4v) is 4.14. The molecule has 1 aliphatic rings. The highest BCUT2D eigenvalue weighted by atomic mass is 16.1. The number of rotatable bonds is 5. The number of fused-ring (bicyclic) bond motifs is 1. The van der Waals surface area contributed by atoms with E-state index in [2.05, 4.69) is 27.3 Å². The van der Waals surface area contributed by atoms with Crippen LogP contribution in [0.3, 0.4) is 0 Å². The second-order valence-electron chi connectivity index (χ2n) is 8.16. The summed E-state index contributed by atoms with van der Waals surface area (Å²) in [5.74, 6) is -0.129. The predicted molar refractivity (Wildman–Crippen MR) is 124 cm³/mol. The van der Waals surface area contributed by atoms with Crippen molar-refractivity contribution in [3.05, 3.63) is 90.3 Å². The van der Waals surface area contributed by atoms with Crippen LogP contribution in [0.15, 0.2) is 79.1 Å². The predicted octanol–water partition coefficient (Wildman–Crippen LogP) is 5.24. The molecule has 156 valence electrons. The van der Waals surface area contributed by atoms with Gasteiger partial charge in [-0.05, 0) is 55.8 Å². The van der Waals surface area contributed by atoms with Crippen molar-refractivity contribution < 1.29 is 4.79 Å². The van der Waals surface area contributed by atoms with E-state index in [1.165, 1.54) is 37.9 Å². The molecule has 0 spiro atoms. The maximum atomic E-state index is 12.8. The second kappa shape index (κ2) is 8.74. The molecule has 3 heterocycles. The van der Waals surface area contributed by atoms with Crippen LogP contribution in [0.5, 0.6) is 0 Å². The van der Waals surface area contributed by atoms with Gasteiger partial charge in [-0.2, -0.15) is 0 Å². The molecule has 0 aliphatic carbocycles. The second-order valence-corrected chi connectivity index (χ2v) is 8.16. The molecule has 5 nitrogen and oxygen atoms in total. The van der Waals surface area contributed by atoms with Crippen molar-refractivity contribution in [3.63, 3.8) is 0 Å². The van der Waals surface area contributed by atoms with E-state index in [-0.39, 0.29) is 5.91 Å². The van der Waals surface area contributed by atoms with Crippen LogP contribution in [-0.4, -0.2) is 33.3 Å². The first-order valence-corrected chi connectivity index (χ1v) is 10.9. The topological polar surface area (TPSA) is 49.6 Å². The molecule has 0 bridgehead atoms. The van der Waals surface area contributed by atoms with Crippen molar-refractivity contribution >= 4 is 17.2 Å². The summed E-state index contributed by atoms with van der Waals surface area (Å²) >= 11 is 0. The molecule has 5 heteroatoms. The summed E-state index contributed by atoms with van der Waals surface area (Å²) in [6.07, 6.45) is 7.79. The van der Waals surface area contributed by atoms with E-state index in [4.69, 9.17) is 0 Å². The van der Waals surface area contributed by atoms with Gasteiger partial charge in [0.2, 0.25) is 0 Å². The van der Waals surface area contributed by atoms with Crippen molar-refractivity contribution in [1.82, 2.24) is 14.3 Å². The largest absolute Gasteiger partial charge is 0.322 e. The Balaban J connectivity index is 1.27. The van der Waals surface area contributed by atoms with Gasteiger partial charge in [0.05, 0.1) is 5.69 Å². The third kappa shape index (κ3) is 4.52. The van der Waals surface area contributed by atoms with E-state index < -0.39 is 0 Å². The number of carbonyl (C=O) groups excluding carboxylic acids is 1. The first-order chi connectivity index (χ1) is 15.2. The summed E-state index contributed by atoms with van der Waals surface area (Å²) in [6.45, 7) is 3.34. The molecule has 0 unspecified atom stereocenters. The highest BCUT2D eigenvalue weighted by Crippen LogP contribution is 2.20. The maximum absolute atomic E-state index is 12.8. The van der Waals surface area contributed by atoms with Crippen LogP contribution >= 0.6 is 0 Å². The van der Waals surface area contributed by atoms with E-state index in [1.807, 2.05) is 71.4 Å². The highest BCUT2D eigenvalue weighted by molar-refractivity contribution is 6.04. The van der Waals surface area contributed by atoms with Crippen LogP contribution in [0.2, 0.25) is 0 Å². The van der Waals surface area contributed by atoms with E-state index >= 15 is 0 Å². The fraction of sp³-hybridized carbons (Fsp3) is 0.231. The number of hydrogen-bond acceptors (Lipinski definition) is 3. The molecule has 1 fully saturated rings. The summed E-state index contributed by atoms with van der Waals surface area (Å²) in [5, 5.41) is 3.00. The molecule has 1 amide bonds. The Bertz CT molecular complexity index is 1180. The van der Waals surface area contributed by atoms with Crippen LogP contribution in [-0.2, 0) is 6.54 Å². The SMILES string of the molecule is O=C(Nc1ccc(CN2CCCCC2)cc1)c1ccn2cc(-c3ccccc3)nc2c1. The summed E-state index contributed by atoms with van der Waals surface area (Å²) in [5.41, 5.74) is 5.38. The number of hydrogen-bond donors (Lipinski definition) is 1. The number of amides is 1. The van der Waals surface area contributed by atoms with Gasteiger partial charge in [-0.1, -0.05) is 48.9 Å². The lowest BCUT2D eigenvalue weighted by Gasteiger charge is -2.26. The molecular weight excluding hydrogens is 384 g/mol. The van der Waals surface area contributed by atoms with Crippen LogP contribution in [0.4, 0.5) is 5.69 Å². The van der Waals surface area contributed by atoms with E-state index in [1.54, 1.807) is 0 Å². The average Bonchev–Trinajstić information content (AvgIpc) is 3.25. The number of piperidine rings is 1. The minimum Gasteiger partial charge on any atom is -0.322 e. The molecule has 1 N–H and O–H groups in total. The Morgan fingerprint density at radius 3 is 2.48 bits per heavy atom. The molecule has 0 radical (unpaired) electrons. The lowest BCUT2D eigenvalue weighted by molar-refractivity contribution is 0.102. The molecule has 4 aromatic rings. The van der Waals surface area contributed by atoms with E-state index in [0.717, 1.165) is 29.1 Å². The summed E-state index contributed by atoms with van der Waals surface area (Å²) in [6, 6.07) is 21.9. The molecule has 1 saturated heterocycles. The molecule has 0 saturated carbocycles. The quantitative estimate of drug-likeness (QED) is 0.489. The normalized spacial score (nSPS) is 14.6. The van der Waals surface area contributed by atoms with Gasteiger partial charge in [0.1, 0.15) is 5.65 Å². The Kier molecular flexibility index (Phi) is 5.50. The van der Waals surface area contributed by atoms with Gasteiger partial charge >= 0.3 is 0 Å². The van der Waals surface area contributed by atoms with Crippen molar-refractivity contribution in [1.29, 1.82) is 0 Å². The van der Waals surface area contributed by atoms with Gasteiger partial charge < -0.3 is 9.72 Å². The smallest absolute Gasteiger partial charge is 0.255 e. The zero-order valence-electron chi connectivity index (χ0n) is 17.5. The molecule has 5 rings (SSSR count). The minimum absolute atomic E-state index is 0.129. The van der Waals surface area contributed by atoms with Crippen LogP contribution in [0.25, 0.3) is 16.9 Å². The highest BCUT2D eigenvalue weighted by Gasteiger charge is 2.12. The molecule has 0 atom stereocenters. The molecule has 2 aromatic heterocycles. The third-order valence-corrected chi connectivity index (χ3v) is 5.86. The number of nitrogens with zero attached hydrogens (tertiary/aromatic N) is 3. The number of benzene rings is 2. The Labute approximate surface area is 182 Å². The molecule has 1 aliphatic heterocycles. The lowest BCUT2D eigenvalue weighted by Crippen LogP contribution is -2.29. The summed E-state index contributed by atoms with van der Waals surface area (Å²) in [4.78, 5) is 20.0. The summed E-state index contributed by atoms with van der Waals surface area (Å²) < 4.78 is 1.94. The summed E-state index contributed by atoms with van der Waals surface area (Å²) in [7, 11) is 0. The zero-order chi connectivity index (χ0) is 21.0. The van der Waals surface area contributed by atoms with Gasteiger partial charge in [0, 0.05) is 35.8 Å². The van der Waals surface area contributed by atoms with Crippen LogP contribution in [0.1, 0.15) is 35.2 Å². The number of aromatic nitrogens is 2. The number of nitrogens with one attached hydrogen (secondary N) is 1. The van der Waals surface area contributed by atoms with Crippen molar-refractivity contribution in [2.24, 2.45) is 0 Å². The first-order valence-electron chi connectivity index (χ1n) is 10.9. The maximum Gasteiger partial charge on any atom is 0.255 e. The van der Waals surface area contributed by atoms with Crippen LogP contribution in [0, 0.1) is 0 Å². The van der Waals surface area contributed by atoms with Gasteiger partial charge in [-0.3, -0.25) is 9.69 Å². The first kappa shape index (κ1) is 19.5. The number of carbonyl (C=O) groups is 1. The molecule has 31 heavy (non-hydrogen) atoms. The van der Waals surface area contributed by atoms with Crippen molar-refractivity contribution in [3.8, 4) is 11.3 Å². The molecule has 2 aromatic carbocycles. The van der Waals surface area contributed by atoms with Crippen LogP contribution < -0.4 is 5.32 Å². The lowest BCUT2D eigenvalue weighted by atomic mass is 10.1. The minimum atomic E-state index is -0.129. The number of likely N-dealkylation sites (tertiary alicyclic amines) is 1. The van der Waals surface area contributed by atoms with E-state index in [9.17, 15) is 4.79 Å². The Morgan fingerprint density at radius 2 is 1.71 bits per heavy atom. The van der Waals surface area contributed by atoms with Gasteiger partial charge in [-0.25, -0.2) is 4.98 Å². The fourth-order valence-electron chi connectivity index (χ4n) is 4.14. The van der Waals surface area contributed by atoms with Crippen molar-refractivity contribution in [2.45, 2.75) is 25.8 Å². The molecular formula is C26H26N4O. The number of imidazole rings is 1. The third-order valence-electron chi connectivity index (χ3n) is 5.86. The van der Waals surface area contributed by atoms with Crippen molar-refractivity contribution in [2.75, 3.05) is 18.4 Å². The average molecular weight is 411 g/mol. The standard InChI is InChI=1S/C26H26N4O/c31-26(27-23-11-9-20(10-12-23)18-29-14-5-2-6-15-29)22-13-16-30-19-24(28-25(30)17-22)21-7-3-1-4-8-21/h1,3-4,7-13,16-17,19H,2,5-6,14-15,18H2,(H,27,31). The zero-order valence-corrected chi connectivity index (χ0v) is 17.5. The van der Waals surface area contributed by atoms with Gasteiger partial charge in [0.15, 0.2) is 0 Å². The Morgan fingerprint density at radius 1 is 0.935 bits per heavy atom. The number of anilines is 1. The monoisotopic (exact) mass is 410 g/mol.